The molecule has 1 heterocycles. The number of anilines is 1. The minimum Gasteiger partial charge on any atom is -0.462 e. The maximum absolute atomic E-state index is 8.88. The Bertz CT molecular complexity index is 459. The predicted octanol–water partition coefficient (Wildman–Crippen LogP) is 2.95. The maximum atomic E-state index is 8.88. The van der Waals surface area contributed by atoms with Crippen LogP contribution < -0.4 is 5.32 Å². The summed E-state index contributed by atoms with van der Waals surface area (Å²) in [6.07, 6.45) is 1.05. The fourth-order valence-corrected chi connectivity index (χ4v) is 1.65. The highest BCUT2D eigenvalue weighted by atomic mass is 16.4. The van der Waals surface area contributed by atoms with Crippen molar-refractivity contribution in [2.75, 3.05) is 5.32 Å². The van der Waals surface area contributed by atoms with Crippen molar-refractivity contribution in [1.29, 1.82) is 0 Å². The molecule has 1 aromatic heterocycles. The first kappa shape index (κ1) is 11.7. The molecule has 0 saturated heterocycles. The standard InChI is InChI=1S/C14H17NO2/c1-2-11-3-5-12(6-4-11)15-9-13-7-8-14(10-16)17-13/h3-8,15-16H,2,9-10H2,1H3. The lowest BCUT2D eigenvalue weighted by atomic mass is 10.1. The molecular weight excluding hydrogens is 214 g/mol. The van der Waals surface area contributed by atoms with E-state index in [1.807, 2.05) is 6.07 Å². The number of furan rings is 1. The molecule has 0 aliphatic carbocycles. The molecule has 0 fully saturated rings. The molecule has 1 aromatic carbocycles. The second-order valence-electron chi connectivity index (χ2n) is 3.93. The van der Waals surface area contributed by atoms with Gasteiger partial charge >= 0.3 is 0 Å². The van der Waals surface area contributed by atoms with E-state index in [0.717, 1.165) is 17.9 Å². The molecule has 2 aromatic rings. The summed E-state index contributed by atoms with van der Waals surface area (Å²) in [6, 6.07) is 12.0. The maximum Gasteiger partial charge on any atom is 0.129 e. The zero-order valence-electron chi connectivity index (χ0n) is 9.94. The van der Waals surface area contributed by atoms with Crippen molar-refractivity contribution in [2.45, 2.75) is 26.5 Å². The topological polar surface area (TPSA) is 45.4 Å². The molecule has 0 radical (unpaired) electrons. The van der Waals surface area contributed by atoms with E-state index in [0.29, 0.717) is 12.3 Å². The van der Waals surface area contributed by atoms with E-state index in [1.165, 1.54) is 5.56 Å². The molecule has 0 atom stereocenters. The molecular formula is C14H17NO2. The molecule has 0 spiro atoms. The van der Waals surface area contributed by atoms with Crippen LogP contribution in [0.15, 0.2) is 40.8 Å². The number of hydrogen-bond acceptors (Lipinski definition) is 3. The first-order valence-electron chi connectivity index (χ1n) is 5.83. The number of hydrogen-bond donors (Lipinski definition) is 2. The molecule has 0 aliphatic heterocycles. The summed E-state index contributed by atoms with van der Waals surface area (Å²) in [5, 5.41) is 12.2. The van der Waals surface area contributed by atoms with Crippen LogP contribution >= 0.6 is 0 Å². The van der Waals surface area contributed by atoms with Crippen molar-refractivity contribution >= 4 is 5.69 Å². The van der Waals surface area contributed by atoms with Crippen LogP contribution in [-0.4, -0.2) is 5.11 Å². The van der Waals surface area contributed by atoms with E-state index >= 15 is 0 Å². The molecule has 3 nitrogen and oxygen atoms in total. The third-order valence-corrected chi connectivity index (χ3v) is 2.70. The average molecular weight is 231 g/mol. The zero-order valence-corrected chi connectivity index (χ0v) is 9.94. The van der Waals surface area contributed by atoms with Crippen molar-refractivity contribution in [2.24, 2.45) is 0 Å². The minimum atomic E-state index is -0.0504. The van der Waals surface area contributed by atoms with Crippen molar-refractivity contribution in [3.63, 3.8) is 0 Å². The fourth-order valence-electron chi connectivity index (χ4n) is 1.65. The second-order valence-corrected chi connectivity index (χ2v) is 3.93. The molecule has 0 amide bonds. The summed E-state index contributed by atoms with van der Waals surface area (Å²) in [5.74, 6) is 1.43. The van der Waals surface area contributed by atoms with Gasteiger partial charge in [-0.1, -0.05) is 19.1 Å². The zero-order chi connectivity index (χ0) is 12.1. The van der Waals surface area contributed by atoms with E-state index in [1.54, 1.807) is 6.07 Å². The molecule has 2 N–H and O–H groups in total. The van der Waals surface area contributed by atoms with Gasteiger partial charge in [-0.15, -0.1) is 0 Å². The Morgan fingerprint density at radius 2 is 1.76 bits per heavy atom. The Kier molecular flexibility index (Phi) is 3.83. The highest BCUT2D eigenvalue weighted by Gasteiger charge is 2.00. The molecule has 3 heteroatoms. The number of benzene rings is 1. The van der Waals surface area contributed by atoms with Gasteiger partial charge in [0.1, 0.15) is 18.1 Å². The van der Waals surface area contributed by atoms with Gasteiger partial charge < -0.3 is 14.8 Å². The minimum absolute atomic E-state index is 0.0504. The summed E-state index contributed by atoms with van der Waals surface area (Å²) in [4.78, 5) is 0. The van der Waals surface area contributed by atoms with Crippen molar-refractivity contribution in [3.8, 4) is 0 Å². The van der Waals surface area contributed by atoms with Crippen molar-refractivity contribution in [3.05, 3.63) is 53.5 Å². The third kappa shape index (κ3) is 3.11. The van der Waals surface area contributed by atoms with Crippen LogP contribution in [0, 0.1) is 0 Å². The van der Waals surface area contributed by atoms with Crippen LogP contribution in [0.25, 0.3) is 0 Å². The van der Waals surface area contributed by atoms with E-state index in [9.17, 15) is 0 Å². The van der Waals surface area contributed by atoms with E-state index in [2.05, 4.69) is 36.5 Å². The van der Waals surface area contributed by atoms with Crippen LogP contribution in [0.3, 0.4) is 0 Å². The second kappa shape index (κ2) is 5.55. The van der Waals surface area contributed by atoms with E-state index in [-0.39, 0.29) is 6.61 Å². The molecule has 17 heavy (non-hydrogen) atoms. The van der Waals surface area contributed by atoms with Crippen LogP contribution in [-0.2, 0) is 19.6 Å². The first-order chi connectivity index (χ1) is 8.31. The van der Waals surface area contributed by atoms with Crippen molar-refractivity contribution < 1.29 is 9.52 Å². The molecule has 0 bridgehead atoms. The molecule has 2 rings (SSSR count). The number of aryl methyl sites for hydroxylation is 1. The van der Waals surface area contributed by atoms with Gasteiger partial charge in [-0.2, -0.15) is 0 Å². The summed E-state index contributed by atoms with van der Waals surface area (Å²) in [6.45, 7) is 2.72. The Hall–Kier alpha value is -1.74. The normalized spacial score (nSPS) is 10.5. The van der Waals surface area contributed by atoms with Gasteiger partial charge in [0.15, 0.2) is 0 Å². The Morgan fingerprint density at radius 3 is 2.35 bits per heavy atom. The quantitative estimate of drug-likeness (QED) is 0.831. The molecule has 90 valence electrons. The highest BCUT2D eigenvalue weighted by Crippen LogP contribution is 2.13. The van der Waals surface area contributed by atoms with Gasteiger partial charge in [-0.3, -0.25) is 0 Å². The monoisotopic (exact) mass is 231 g/mol. The van der Waals surface area contributed by atoms with Crippen LogP contribution in [0.5, 0.6) is 0 Å². The van der Waals surface area contributed by atoms with Gasteiger partial charge in [0.2, 0.25) is 0 Å². The van der Waals surface area contributed by atoms with Gasteiger partial charge in [0.25, 0.3) is 0 Å². The van der Waals surface area contributed by atoms with Crippen LogP contribution in [0.4, 0.5) is 5.69 Å². The van der Waals surface area contributed by atoms with Gasteiger partial charge in [-0.25, -0.2) is 0 Å². The number of rotatable bonds is 5. The summed E-state index contributed by atoms with van der Waals surface area (Å²) in [5.41, 5.74) is 2.40. The SMILES string of the molecule is CCc1ccc(NCc2ccc(CO)o2)cc1. The Morgan fingerprint density at radius 1 is 1.06 bits per heavy atom. The number of nitrogens with one attached hydrogen (secondary N) is 1. The predicted molar refractivity (Wildman–Crippen MR) is 67.8 cm³/mol. The highest BCUT2D eigenvalue weighted by molar-refractivity contribution is 5.44. The van der Waals surface area contributed by atoms with E-state index < -0.39 is 0 Å². The Labute approximate surface area is 101 Å². The largest absolute Gasteiger partial charge is 0.462 e. The number of aliphatic hydroxyl groups excluding tert-OH is 1. The lowest BCUT2D eigenvalue weighted by molar-refractivity contribution is 0.244. The van der Waals surface area contributed by atoms with E-state index in [4.69, 9.17) is 9.52 Å². The summed E-state index contributed by atoms with van der Waals surface area (Å²) >= 11 is 0. The van der Waals surface area contributed by atoms with Crippen molar-refractivity contribution in [1.82, 2.24) is 0 Å². The Balaban J connectivity index is 1.92. The average Bonchev–Trinajstić information content (AvgIpc) is 2.85. The lowest BCUT2D eigenvalue weighted by Gasteiger charge is -2.05. The summed E-state index contributed by atoms with van der Waals surface area (Å²) < 4.78 is 5.39. The van der Waals surface area contributed by atoms with Crippen LogP contribution in [0.1, 0.15) is 24.0 Å². The molecule has 0 unspecified atom stereocenters. The summed E-state index contributed by atoms with van der Waals surface area (Å²) in [7, 11) is 0. The van der Waals surface area contributed by atoms with Gasteiger partial charge in [0, 0.05) is 5.69 Å². The lowest BCUT2D eigenvalue weighted by Crippen LogP contribution is -1.98. The van der Waals surface area contributed by atoms with Gasteiger partial charge in [-0.05, 0) is 36.2 Å². The first-order valence-corrected chi connectivity index (χ1v) is 5.83. The van der Waals surface area contributed by atoms with Crippen LogP contribution in [0.2, 0.25) is 0 Å². The van der Waals surface area contributed by atoms with Gasteiger partial charge in [0.05, 0.1) is 6.54 Å². The molecule has 0 aliphatic rings. The third-order valence-electron chi connectivity index (χ3n) is 2.70. The fraction of sp³-hybridized carbons (Fsp3) is 0.286. The smallest absolute Gasteiger partial charge is 0.129 e. The molecule has 0 saturated carbocycles. The number of aliphatic hydroxyl groups is 1.